The zero-order valence-corrected chi connectivity index (χ0v) is 17.3. The van der Waals surface area contributed by atoms with E-state index in [1.54, 1.807) is 30.7 Å². The first-order valence-electron chi connectivity index (χ1n) is 9.12. The number of nitrogens with zero attached hydrogens (tertiary/aromatic N) is 3. The average molecular weight is 442 g/mol. The van der Waals surface area contributed by atoms with Gasteiger partial charge in [0.25, 0.3) is 5.56 Å². The fraction of sp³-hybridized carbons (Fsp3) is 0.286. The topological polar surface area (TPSA) is 64.4 Å². The molecule has 7 heteroatoms. The predicted octanol–water partition coefficient (Wildman–Crippen LogP) is 3.44. The van der Waals surface area contributed by atoms with Crippen LogP contribution >= 0.6 is 15.9 Å². The quantitative estimate of drug-likeness (QED) is 0.460. The van der Waals surface area contributed by atoms with E-state index in [4.69, 9.17) is 4.74 Å². The lowest BCUT2D eigenvalue weighted by Crippen LogP contribution is -2.26. The van der Waals surface area contributed by atoms with Gasteiger partial charge in [0.05, 0.1) is 17.6 Å². The molecule has 3 heterocycles. The molecule has 1 fully saturated rings. The first kappa shape index (κ1) is 18.7. The Hall–Kier alpha value is -2.67. The smallest absolute Gasteiger partial charge is 0.338 e. The molecule has 1 aromatic carbocycles. The van der Waals surface area contributed by atoms with Gasteiger partial charge in [-0.05, 0) is 41.1 Å². The van der Waals surface area contributed by atoms with Crippen molar-refractivity contribution in [3.05, 3.63) is 68.5 Å². The molecule has 6 nitrogen and oxygen atoms in total. The number of hydrogen-bond acceptors (Lipinski definition) is 5. The summed E-state index contributed by atoms with van der Waals surface area (Å²) in [5, 5.41) is 0.898. The van der Waals surface area contributed by atoms with Crippen LogP contribution in [0.2, 0.25) is 0 Å². The number of esters is 1. The fourth-order valence-corrected chi connectivity index (χ4v) is 4.05. The van der Waals surface area contributed by atoms with Crippen LogP contribution in [0.15, 0.2) is 51.9 Å². The monoisotopic (exact) mass is 441 g/mol. The largest absolute Gasteiger partial charge is 0.457 e. The molecule has 144 valence electrons. The molecule has 28 heavy (non-hydrogen) atoms. The van der Waals surface area contributed by atoms with Gasteiger partial charge >= 0.3 is 5.97 Å². The molecular formula is C21H20BrN3O3. The summed E-state index contributed by atoms with van der Waals surface area (Å²) in [7, 11) is 1.77. The molecule has 3 aromatic rings. The molecule has 0 bridgehead atoms. The number of carbonyl (C=O) groups is 1. The second-order valence-corrected chi connectivity index (χ2v) is 7.77. The number of aromatic nitrogens is 2. The molecule has 0 N–H and O–H groups in total. The lowest BCUT2D eigenvalue weighted by molar-refractivity contribution is 0.0348. The molecule has 0 saturated carbocycles. The highest BCUT2D eigenvalue weighted by Gasteiger charge is 2.27. The molecule has 0 radical (unpaired) electrons. The van der Waals surface area contributed by atoms with Crippen LogP contribution in [0.5, 0.6) is 0 Å². The maximum absolute atomic E-state index is 12.3. The van der Waals surface area contributed by atoms with E-state index in [1.165, 1.54) is 0 Å². The number of pyridine rings is 2. The van der Waals surface area contributed by atoms with Gasteiger partial charge in [0.15, 0.2) is 0 Å². The Bertz CT molecular complexity index is 1110. The number of carbonyl (C=O) groups excluding carboxylic acids is 1. The van der Waals surface area contributed by atoms with Crippen LogP contribution in [0.4, 0.5) is 5.82 Å². The zero-order chi connectivity index (χ0) is 19.8. The van der Waals surface area contributed by atoms with Crippen LogP contribution in [-0.4, -0.2) is 34.7 Å². The summed E-state index contributed by atoms with van der Waals surface area (Å²) >= 11 is 3.54. The Kier molecular flexibility index (Phi) is 4.93. The number of aryl methyl sites for hydroxylation is 2. The third kappa shape index (κ3) is 3.42. The van der Waals surface area contributed by atoms with E-state index >= 15 is 0 Å². The van der Waals surface area contributed by atoms with E-state index in [2.05, 4.69) is 25.8 Å². The van der Waals surface area contributed by atoms with Crippen LogP contribution in [0.3, 0.4) is 0 Å². The van der Waals surface area contributed by atoms with Crippen LogP contribution in [-0.2, 0) is 11.8 Å². The van der Waals surface area contributed by atoms with E-state index in [0.717, 1.165) is 29.7 Å². The highest BCUT2D eigenvalue weighted by molar-refractivity contribution is 9.10. The standard InChI is InChI=1S/C21H20BrN3O3/c1-13-10-16-17(24(2)20(13)26)11-18(23-19(16)22)25-9-8-15(12-25)28-21(27)14-6-4-3-5-7-14/h3-7,10-11,15H,8-9,12H2,1-2H3/t15-/m0/s1. The van der Waals surface area contributed by atoms with Crippen molar-refractivity contribution in [2.45, 2.75) is 19.4 Å². The van der Waals surface area contributed by atoms with Crippen molar-refractivity contribution in [2.75, 3.05) is 18.0 Å². The number of halogens is 1. The van der Waals surface area contributed by atoms with Gasteiger partial charge in [-0.2, -0.15) is 0 Å². The van der Waals surface area contributed by atoms with Crippen LogP contribution < -0.4 is 10.5 Å². The van der Waals surface area contributed by atoms with Crippen molar-refractivity contribution in [1.82, 2.24) is 9.55 Å². The van der Waals surface area contributed by atoms with Gasteiger partial charge in [0.1, 0.15) is 16.5 Å². The van der Waals surface area contributed by atoms with E-state index in [-0.39, 0.29) is 17.6 Å². The van der Waals surface area contributed by atoms with Gasteiger partial charge in [-0.3, -0.25) is 4.79 Å². The third-order valence-corrected chi connectivity index (χ3v) is 5.70. The number of hydrogen-bond donors (Lipinski definition) is 0. The van der Waals surface area contributed by atoms with Crippen molar-refractivity contribution in [2.24, 2.45) is 7.05 Å². The number of rotatable bonds is 3. The molecule has 0 amide bonds. The normalized spacial score (nSPS) is 16.5. The highest BCUT2D eigenvalue weighted by atomic mass is 79.9. The summed E-state index contributed by atoms with van der Waals surface area (Å²) in [6, 6.07) is 12.8. The number of ether oxygens (including phenoxy) is 1. The lowest BCUT2D eigenvalue weighted by Gasteiger charge is -2.19. The Balaban J connectivity index is 1.56. The van der Waals surface area contributed by atoms with Gasteiger partial charge in [-0.1, -0.05) is 18.2 Å². The van der Waals surface area contributed by atoms with Gasteiger partial charge in [0.2, 0.25) is 0 Å². The van der Waals surface area contributed by atoms with Crippen molar-refractivity contribution in [3.63, 3.8) is 0 Å². The van der Waals surface area contributed by atoms with Crippen LogP contribution in [0, 0.1) is 6.92 Å². The minimum absolute atomic E-state index is 0.0207. The molecule has 0 unspecified atom stereocenters. The lowest BCUT2D eigenvalue weighted by atomic mass is 10.2. The van der Waals surface area contributed by atoms with Gasteiger partial charge in [-0.25, -0.2) is 9.78 Å². The van der Waals surface area contributed by atoms with Crippen molar-refractivity contribution < 1.29 is 9.53 Å². The average Bonchev–Trinajstić information content (AvgIpc) is 3.16. The highest BCUT2D eigenvalue weighted by Crippen LogP contribution is 2.28. The van der Waals surface area contributed by atoms with Crippen molar-refractivity contribution >= 4 is 38.6 Å². The molecule has 1 atom stereocenters. The summed E-state index contributed by atoms with van der Waals surface area (Å²) < 4.78 is 7.99. The molecule has 0 spiro atoms. The number of fused-ring (bicyclic) bond motifs is 1. The SMILES string of the molecule is Cc1cc2c(Br)nc(N3CC[C@H](OC(=O)c4ccccc4)C3)cc2n(C)c1=O. The van der Waals surface area contributed by atoms with Gasteiger partial charge in [0, 0.05) is 37.0 Å². The molecule has 1 saturated heterocycles. The maximum atomic E-state index is 12.3. The Morgan fingerprint density at radius 2 is 2.00 bits per heavy atom. The summed E-state index contributed by atoms with van der Waals surface area (Å²) in [5.41, 5.74) is 2.03. The first-order chi connectivity index (χ1) is 13.4. The number of anilines is 1. The molecule has 1 aliphatic rings. The summed E-state index contributed by atoms with van der Waals surface area (Å²) in [5.74, 6) is 0.453. The minimum Gasteiger partial charge on any atom is -0.457 e. The Morgan fingerprint density at radius 3 is 2.75 bits per heavy atom. The minimum atomic E-state index is -0.307. The first-order valence-corrected chi connectivity index (χ1v) is 9.91. The zero-order valence-electron chi connectivity index (χ0n) is 15.7. The van der Waals surface area contributed by atoms with Crippen molar-refractivity contribution in [1.29, 1.82) is 0 Å². The van der Waals surface area contributed by atoms with Crippen LogP contribution in [0.25, 0.3) is 10.9 Å². The third-order valence-electron chi connectivity index (χ3n) is 5.09. The van der Waals surface area contributed by atoms with E-state index in [9.17, 15) is 9.59 Å². The molecule has 0 aliphatic carbocycles. The number of benzene rings is 1. The van der Waals surface area contributed by atoms with E-state index in [0.29, 0.717) is 22.3 Å². The summed E-state index contributed by atoms with van der Waals surface area (Å²) in [6.45, 7) is 3.11. The Morgan fingerprint density at radius 1 is 1.25 bits per heavy atom. The van der Waals surface area contributed by atoms with E-state index in [1.807, 2.05) is 30.3 Å². The second kappa shape index (κ2) is 7.39. The van der Waals surface area contributed by atoms with Gasteiger partial charge < -0.3 is 14.2 Å². The van der Waals surface area contributed by atoms with E-state index < -0.39 is 0 Å². The molecule has 1 aliphatic heterocycles. The molecular weight excluding hydrogens is 422 g/mol. The summed E-state index contributed by atoms with van der Waals surface area (Å²) in [4.78, 5) is 31.3. The van der Waals surface area contributed by atoms with Crippen LogP contribution in [0.1, 0.15) is 22.3 Å². The molecule has 2 aromatic heterocycles. The fourth-order valence-electron chi connectivity index (χ4n) is 3.55. The van der Waals surface area contributed by atoms with Gasteiger partial charge in [-0.15, -0.1) is 0 Å². The predicted molar refractivity (Wildman–Crippen MR) is 112 cm³/mol. The molecule has 4 rings (SSSR count). The Labute approximate surface area is 170 Å². The second-order valence-electron chi connectivity index (χ2n) is 7.02. The summed E-state index contributed by atoms with van der Waals surface area (Å²) in [6.07, 6.45) is 0.550. The maximum Gasteiger partial charge on any atom is 0.338 e. The van der Waals surface area contributed by atoms with Crippen molar-refractivity contribution in [3.8, 4) is 0 Å².